The molecule has 1 heterocycles. The van der Waals surface area contributed by atoms with E-state index in [1.807, 2.05) is 25.1 Å². The number of aliphatic hydroxyl groups is 1. The Morgan fingerprint density at radius 1 is 1.19 bits per heavy atom. The fourth-order valence-corrected chi connectivity index (χ4v) is 5.45. The molecular formula is C28H44N4O4. The summed E-state index contributed by atoms with van der Waals surface area (Å²) in [6, 6.07) is 5.33. The Labute approximate surface area is 215 Å². The Balaban J connectivity index is 1.52. The second-order valence-electron chi connectivity index (χ2n) is 11.3. The quantitative estimate of drug-likeness (QED) is 0.507. The van der Waals surface area contributed by atoms with Crippen molar-refractivity contribution in [2.45, 2.75) is 83.4 Å². The van der Waals surface area contributed by atoms with Crippen molar-refractivity contribution in [3.63, 3.8) is 0 Å². The number of amides is 3. The summed E-state index contributed by atoms with van der Waals surface area (Å²) in [5, 5.41) is 15.9. The minimum absolute atomic E-state index is 0.0379. The van der Waals surface area contributed by atoms with Gasteiger partial charge in [-0.25, -0.2) is 4.79 Å². The molecule has 0 saturated heterocycles. The van der Waals surface area contributed by atoms with E-state index < -0.39 is 0 Å². The number of hydrogen-bond donors (Lipinski definition) is 3. The summed E-state index contributed by atoms with van der Waals surface area (Å²) in [7, 11) is 2.14. The van der Waals surface area contributed by atoms with Crippen LogP contribution in [0.5, 0.6) is 5.75 Å². The van der Waals surface area contributed by atoms with Crippen LogP contribution in [0.2, 0.25) is 0 Å². The van der Waals surface area contributed by atoms with E-state index in [0.29, 0.717) is 18.0 Å². The summed E-state index contributed by atoms with van der Waals surface area (Å²) in [6.07, 6.45) is 8.25. The van der Waals surface area contributed by atoms with Crippen LogP contribution in [0.1, 0.15) is 64.4 Å². The highest BCUT2D eigenvalue weighted by molar-refractivity contribution is 5.90. The van der Waals surface area contributed by atoms with Gasteiger partial charge in [0.15, 0.2) is 0 Å². The van der Waals surface area contributed by atoms with Crippen LogP contribution in [0, 0.1) is 11.8 Å². The summed E-state index contributed by atoms with van der Waals surface area (Å²) < 4.78 is 6.58. The van der Waals surface area contributed by atoms with E-state index in [2.05, 4.69) is 29.5 Å². The average molecular weight is 501 g/mol. The van der Waals surface area contributed by atoms with Crippen LogP contribution in [-0.2, 0) is 11.2 Å². The Kier molecular flexibility index (Phi) is 9.12. The minimum atomic E-state index is -0.270. The number of rotatable bonds is 8. The van der Waals surface area contributed by atoms with Gasteiger partial charge >= 0.3 is 6.03 Å². The summed E-state index contributed by atoms with van der Waals surface area (Å²) in [5.74, 6) is 1.53. The predicted octanol–water partition coefficient (Wildman–Crippen LogP) is 3.63. The van der Waals surface area contributed by atoms with Gasteiger partial charge in [0.2, 0.25) is 5.91 Å². The van der Waals surface area contributed by atoms with Crippen molar-refractivity contribution in [3.8, 4) is 5.75 Å². The highest BCUT2D eigenvalue weighted by Gasteiger charge is 2.32. The normalized spacial score (nSPS) is 24.2. The topological polar surface area (TPSA) is 94.1 Å². The van der Waals surface area contributed by atoms with Crippen molar-refractivity contribution >= 4 is 17.6 Å². The molecule has 200 valence electrons. The highest BCUT2D eigenvalue weighted by Crippen LogP contribution is 2.31. The fourth-order valence-electron chi connectivity index (χ4n) is 5.45. The van der Waals surface area contributed by atoms with E-state index in [1.165, 1.54) is 19.3 Å². The Morgan fingerprint density at radius 3 is 2.64 bits per heavy atom. The molecule has 0 aromatic heterocycles. The number of aliphatic hydroxyl groups excluding tert-OH is 1. The zero-order chi connectivity index (χ0) is 25.7. The smallest absolute Gasteiger partial charge is 0.319 e. The van der Waals surface area contributed by atoms with Crippen molar-refractivity contribution in [1.29, 1.82) is 0 Å². The van der Waals surface area contributed by atoms with Crippen LogP contribution in [0.4, 0.5) is 10.5 Å². The van der Waals surface area contributed by atoms with Gasteiger partial charge in [-0.05, 0) is 63.8 Å². The molecule has 2 aliphatic carbocycles. The van der Waals surface area contributed by atoms with Crippen LogP contribution < -0.4 is 15.4 Å². The van der Waals surface area contributed by atoms with Gasteiger partial charge < -0.3 is 30.3 Å². The molecule has 1 aliphatic heterocycles. The number of anilines is 1. The summed E-state index contributed by atoms with van der Waals surface area (Å²) in [5.41, 5.74) is 1.41. The van der Waals surface area contributed by atoms with Crippen molar-refractivity contribution in [2.24, 2.45) is 11.8 Å². The van der Waals surface area contributed by atoms with Gasteiger partial charge in [0.25, 0.3) is 0 Å². The zero-order valence-electron chi connectivity index (χ0n) is 22.2. The van der Waals surface area contributed by atoms with Gasteiger partial charge in [-0.3, -0.25) is 4.79 Å². The van der Waals surface area contributed by atoms with Gasteiger partial charge in [0.05, 0.1) is 19.1 Å². The summed E-state index contributed by atoms with van der Waals surface area (Å²) in [6.45, 7) is 6.29. The third kappa shape index (κ3) is 7.35. The third-order valence-electron chi connectivity index (χ3n) is 7.87. The number of likely N-dealkylation sites (N-methyl/N-ethyl adjacent to an activating group) is 1. The van der Waals surface area contributed by atoms with Gasteiger partial charge in [-0.15, -0.1) is 0 Å². The molecule has 1 aromatic carbocycles. The molecule has 1 aromatic rings. The van der Waals surface area contributed by atoms with E-state index in [9.17, 15) is 14.7 Å². The van der Waals surface area contributed by atoms with Crippen LogP contribution in [0.15, 0.2) is 18.2 Å². The number of carbonyl (C=O) groups is 2. The molecule has 2 fully saturated rings. The largest absolute Gasteiger partial charge is 0.488 e. The molecule has 3 atom stereocenters. The molecule has 3 amide bonds. The Bertz CT molecular complexity index is 900. The fraction of sp³-hybridized carbons (Fsp3) is 0.714. The zero-order valence-corrected chi connectivity index (χ0v) is 22.2. The molecule has 3 aliphatic rings. The number of urea groups is 1. The van der Waals surface area contributed by atoms with E-state index in [1.54, 1.807) is 4.90 Å². The second-order valence-corrected chi connectivity index (χ2v) is 11.3. The summed E-state index contributed by atoms with van der Waals surface area (Å²) >= 11 is 0. The molecule has 8 nitrogen and oxygen atoms in total. The lowest BCUT2D eigenvalue weighted by atomic mass is 9.96. The lowest BCUT2D eigenvalue weighted by Crippen LogP contribution is -2.47. The number of fused-ring (bicyclic) bond motifs is 1. The van der Waals surface area contributed by atoms with Crippen molar-refractivity contribution < 1.29 is 19.4 Å². The molecule has 4 rings (SSSR count). The van der Waals surface area contributed by atoms with Crippen LogP contribution in [0.3, 0.4) is 0 Å². The summed E-state index contributed by atoms with van der Waals surface area (Å²) in [4.78, 5) is 30.1. The molecule has 3 N–H and O–H groups in total. The van der Waals surface area contributed by atoms with Crippen molar-refractivity contribution in [2.75, 3.05) is 38.6 Å². The highest BCUT2D eigenvalue weighted by atomic mass is 16.5. The number of carbonyl (C=O) groups excluding carboxylic acids is 2. The standard InChI is InChI=1S/C28H44N4O4/c1-19-15-32(20(2)18-33)27(34)14-22-13-24(30-28(35)29-23-7-5-4-6-8-23)11-12-25(22)36-26(19)17-31(3)16-21-9-10-21/h11-13,19-21,23,26,33H,4-10,14-18H2,1-3H3,(H2,29,30,35)/t19-,20+,26+/m1/s1. The van der Waals surface area contributed by atoms with Gasteiger partial charge in [-0.1, -0.05) is 26.2 Å². The van der Waals surface area contributed by atoms with Gasteiger partial charge in [0, 0.05) is 42.8 Å². The lowest BCUT2D eigenvalue weighted by Gasteiger charge is -2.34. The monoisotopic (exact) mass is 500 g/mol. The van der Waals surface area contributed by atoms with Crippen LogP contribution in [-0.4, -0.2) is 78.3 Å². The van der Waals surface area contributed by atoms with Gasteiger partial charge in [0.1, 0.15) is 11.9 Å². The Morgan fingerprint density at radius 2 is 1.94 bits per heavy atom. The molecule has 8 heteroatoms. The minimum Gasteiger partial charge on any atom is -0.488 e. The number of ether oxygens (including phenoxy) is 1. The number of benzene rings is 1. The van der Waals surface area contributed by atoms with Gasteiger partial charge in [-0.2, -0.15) is 0 Å². The third-order valence-corrected chi connectivity index (χ3v) is 7.87. The van der Waals surface area contributed by atoms with Crippen LogP contribution in [0.25, 0.3) is 0 Å². The maximum Gasteiger partial charge on any atom is 0.319 e. The number of nitrogens with zero attached hydrogens (tertiary/aromatic N) is 2. The molecule has 0 unspecified atom stereocenters. The lowest BCUT2D eigenvalue weighted by molar-refractivity contribution is -0.134. The van der Waals surface area contributed by atoms with Crippen molar-refractivity contribution in [3.05, 3.63) is 23.8 Å². The number of nitrogens with one attached hydrogen (secondary N) is 2. The Hall–Kier alpha value is -2.32. The SMILES string of the molecule is C[C@@H]1CN([C@@H](C)CO)C(=O)Cc2cc(NC(=O)NC3CCCCC3)ccc2O[C@H]1CN(C)CC1CC1. The van der Waals surface area contributed by atoms with E-state index >= 15 is 0 Å². The molecular weight excluding hydrogens is 456 g/mol. The van der Waals surface area contributed by atoms with E-state index in [4.69, 9.17) is 4.74 Å². The average Bonchev–Trinajstić information content (AvgIpc) is 3.66. The molecule has 0 bridgehead atoms. The van der Waals surface area contributed by atoms with Crippen LogP contribution >= 0.6 is 0 Å². The van der Waals surface area contributed by atoms with E-state index in [-0.39, 0.29) is 49.1 Å². The maximum atomic E-state index is 13.4. The first kappa shape index (κ1) is 26.7. The first-order valence-electron chi connectivity index (χ1n) is 13.8. The molecule has 2 saturated carbocycles. The molecule has 0 spiro atoms. The predicted molar refractivity (Wildman–Crippen MR) is 141 cm³/mol. The van der Waals surface area contributed by atoms with E-state index in [0.717, 1.165) is 50.3 Å². The first-order chi connectivity index (χ1) is 17.3. The van der Waals surface area contributed by atoms with Crippen molar-refractivity contribution in [1.82, 2.24) is 15.1 Å². The maximum absolute atomic E-state index is 13.4. The second kappa shape index (κ2) is 12.3. The first-order valence-corrected chi connectivity index (χ1v) is 13.8. The molecule has 36 heavy (non-hydrogen) atoms. The molecule has 0 radical (unpaired) electrons. The number of hydrogen-bond acceptors (Lipinski definition) is 5.